The van der Waals surface area contributed by atoms with Crippen LogP contribution in [0.1, 0.15) is 6.92 Å². The van der Waals surface area contributed by atoms with Crippen molar-refractivity contribution in [1.29, 1.82) is 0 Å². The van der Waals surface area contributed by atoms with E-state index in [4.69, 9.17) is 10.6 Å². The summed E-state index contributed by atoms with van der Waals surface area (Å²) in [6.07, 6.45) is 0. The second kappa shape index (κ2) is 4.66. The van der Waals surface area contributed by atoms with Crippen LogP contribution in [0.15, 0.2) is 0 Å². The molecule has 11 heavy (non-hydrogen) atoms. The quantitative estimate of drug-likeness (QED) is 0.571. The van der Waals surface area contributed by atoms with E-state index in [-0.39, 0.29) is 0 Å². The predicted molar refractivity (Wildman–Crippen MR) is 42.0 cm³/mol. The number of hydrogen-bond donors (Lipinski definition) is 1. The van der Waals surface area contributed by atoms with E-state index in [1.165, 1.54) is 0 Å². The van der Waals surface area contributed by atoms with Gasteiger partial charge in [-0.3, -0.25) is 4.90 Å². The van der Waals surface area contributed by atoms with Crippen molar-refractivity contribution in [2.45, 2.75) is 13.0 Å². The number of ether oxygens (including phenoxy) is 1. The fourth-order valence-electron chi connectivity index (χ4n) is 1.26. The van der Waals surface area contributed by atoms with Gasteiger partial charge in [-0.05, 0) is 6.92 Å². The van der Waals surface area contributed by atoms with Gasteiger partial charge in [-0.2, -0.15) is 0 Å². The van der Waals surface area contributed by atoms with Gasteiger partial charge in [0, 0.05) is 19.1 Å². The van der Waals surface area contributed by atoms with Crippen LogP contribution in [0.25, 0.3) is 0 Å². The summed E-state index contributed by atoms with van der Waals surface area (Å²) in [5.41, 5.74) is 0. The Morgan fingerprint density at radius 2 is 2.55 bits per heavy atom. The zero-order valence-corrected chi connectivity index (χ0v) is 6.95. The average molecular weight is 160 g/mol. The molecule has 0 amide bonds. The second-order valence-corrected chi connectivity index (χ2v) is 2.83. The summed E-state index contributed by atoms with van der Waals surface area (Å²) >= 11 is 0. The molecule has 2 N–H and O–H groups in total. The maximum absolute atomic E-state index is 5.28. The molecule has 0 radical (unpaired) electrons. The molecule has 1 aliphatic rings. The van der Waals surface area contributed by atoms with Crippen molar-refractivity contribution < 1.29 is 9.57 Å². The highest BCUT2D eigenvalue weighted by Crippen LogP contribution is 2.04. The number of hydrogen-bond acceptors (Lipinski definition) is 4. The van der Waals surface area contributed by atoms with Crippen molar-refractivity contribution in [3.63, 3.8) is 0 Å². The summed E-state index contributed by atoms with van der Waals surface area (Å²) in [4.78, 5) is 6.83. The molecule has 1 saturated heterocycles. The summed E-state index contributed by atoms with van der Waals surface area (Å²) in [6, 6.07) is 0.499. The van der Waals surface area contributed by atoms with Crippen LogP contribution >= 0.6 is 0 Å². The minimum Gasteiger partial charge on any atom is -0.379 e. The zero-order chi connectivity index (χ0) is 8.10. The van der Waals surface area contributed by atoms with E-state index in [0.29, 0.717) is 12.6 Å². The van der Waals surface area contributed by atoms with Crippen molar-refractivity contribution in [3.05, 3.63) is 0 Å². The highest BCUT2D eigenvalue weighted by Gasteiger charge is 2.17. The first-order valence-electron chi connectivity index (χ1n) is 3.98. The van der Waals surface area contributed by atoms with Gasteiger partial charge < -0.3 is 9.57 Å². The van der Waals surface area contributed by atoms with E-state index in [9.17, 15) is 0 Å². The lowest BCUT2D eigenvalue weighted by Gasteiger charge is -2.32. The Balaban J connectivity index is 2.18. The highest BCUT2D eigenvalue weighted by molar-refractivity contribution is 4.69. The first kappa shape index (κ1) is 8.93. The van der Waals surface area contributed by atoms with Gasteiger partial charge in [0.25, 0.3) is 0 Å². The summed E-state index contributed by atoms with van der Waals surface area (Å²) in [7, 11) is 0. The molecule has 4 heteroatoms. The SMILES string of the molecule is CC1COCCN1CCON. The van der Waals surface area contributed by atoms with E-state index < -0.39 is 0 Å². The number of nitrogens with zero attached hydrogens (tertiary/aromatic N) is 1. The van der Waals surface area contributed by atoms with E-state index in [0.717, 1.165) is 26.3 Å². The molecule has 1 aliphatic heterocycles. The molecule has 0 aliphatic carbocycles. The number of nitrogens with two attached hydrogens (primary N) is 1. The molecule has 0 saturated carbocycles. The molecule has 0 aromatic rings. The number of rotatable bonds is 3. The van der Waals surface area contributed by atoms with Crippen LogP contribution < -0.4 is 5.90 Å². The van der Waals surface area contributed by atoms with Crippen molar-refractivity contribution in [1.82, 2.24) is 4.90 Å². The molecule has 1 atom stereocenters. The Hall–Kier alpha value is -0.160. The molecule has 1 fully saturated rings. The normalized spacial score (nSPS) is 27.3. The largest absolute Gasteiger partial charge is 0.379 e. The molecule has 0 bridgehead atoms. The molecular formula is C7H16N2O2. The van der Waals surface area contributed by atoms with Crippen molar-refractivity contribution >= 4 is 0 Å². The van der Waals surface area contributed by atoms with E-state index >= 15 is 0 Å². The smallest absolute Gasteiger partial charge is 0.0806 e. The van der Waals surface area contributed by atoms with E-state index in [1.807, 2.05) is 0 Å². The third-order valence-electron chi connectivity index (χ3n) is 2.00. The van der Waals surface area contributed by atoms with Gasteiger partial charge >= 0.3 is 0 Å². The van der Waals surface area contributed by atoms with Gasteiger partial charge in [0.15, 0.2) is 0 Å². The minimum atomic E-state index is 0.499. The fourth-order valence-corrected chi connectivity index (χ4v) is 1.26. The Labute approximate surface area is 67.2 Å². The maximum Gasteiger partial charge on any atom is 0.0806 e. The Morgan fingerprint density at radius 3 is 3.18 bits per heavy atom. The fraction of sp³-hybridized carbons (Fsp3) is 1.00. The standard InChI is InChI=1S/C7H16N2O2/c1-7-6-10-4-2-9(7)3-5-11-8/h7H,2-6,8H2,1H3. The molecule has 1 unspecified atom stereocenters. The van der Waals surface area contributed by atoms with Crippen LogP contribution in [0.3, 0.4) is 0 Å². The molecule has 4 nitrogen and oxygen atoms in total. The molecule has 0 aromatic heterocycles. The minimum absolute atomic E-state index is 0.499. The first-order chi connectivity index (χ1) is 5.34. The van der Waals surface area contributed by atoms with Gasteiger partial charge in [-0.15, -0.1) is 0 Å². The van der Waals surface area contributed by atoms with Gasteiger partial charge in [0.1, 0.15) is 0 Å². The highest BCUT2D eigenvalue weighted by atomic mass is 16.6. The summed E-state index contributed by atoms with van der Waals surface area (Å²) in [5, 5.41) is 0. The van der Waals surface area contributed by atoms with E-state index in [1.54, 1.807) is 0 Å². The van der Waals surface area contributed by atoms with Crippen LogP contribution in [0, 0.1) is 0 Å². The Kier molecular flexibility index (Phi) is 3.79. The maximum atomic E-state index is 5.28. The van der Waals surface area contributed by atoms with Crippen molar-refractivity contribution in [2.24, 2.45) is 5.90 Å². The van der Waals surface area contributed by atoms with Crippen LogP contribution in [0.5, 0.6) is 0 Å². The van der Waals surface area contributed by atoms with Gasteiger partial charge in [-0.1, -0.05) is 0 Å². The topological polar surface area (TPSA) is 47.7 Å². The first-order valence-corrected chi connectivity index (χ1v) is 3.98. The summed E-state index contributed by atoms with van der Waals surface area (Å²) in [6.45, 7) is 6.30. The summed E-state index contributed by atoms with van der Waals surface area (Å²) < 4.78 is 5.28. The van der Waals surface area contributed by atoms with Crippen LogP contribution in [0.2, 0.25) is 0 Å². The predicted octanol–water partition coefficient (Wildman–Crippen LogP) is -0.403. The van der Waals surface area contributed by atoms with Crippen molar-refractivity contribution in [3.8, 4) is 0 Å². The average Bonchev–Trinajstić information content (AvgIpc) is 2.03. The lowest BCUT2D eigenvalue weighted by Crippen LogP contribution is -2.45. The van der Waals surface area contributed by atoms with Gasteiger partial charge in [0.2, 0.25) is 0 Å². The molecule has 66 valence electrons. The van der Waals surface area contributed by atoms with Crippen LogP contribution in [0.4, 0.5) is 0 Å². The second-order valence-electron chi connectivity index (χ2n) is 2.83. The van der Waals surface area contributed by atoms with Crippen molar-refractivity contribution in [2.75, 3.05) is 32.9 Å². The van der Waals surface area contributed by atoms with Crippen LogP contribution in [-0.2, 0) is 9.57 Å². The third-order valence-corrected chi connectivity index (χ3v) is 2.00. The lowest BCUT2D eigenvalue weighted by molar-refractivity contribution is -0.0139. The van der Waals surface area contributed by atoms with Gasteiger partial charge in [-0.25, -0.2) is 5.90 Å². The number of morpholine rings is 1. The Bertz CT molecular complexity index is 111. The zero-order valence-electron chi connectivity index (χ0n) is 6.95. The lowest BCUT2D eigenvalue weighted by atomic mass is 10.2. The molecular weight excluding hydrogens is 144 g/mol. The van der Waals surface area contributed by atoms with E-state index in [2.05, 4.69) is 16.7 Å². The molecule has 1 heterocycles. The molecule has 1 rings (SSSR count). The third kappa shape index (κ3) is 2.75. The van der Waals surface area contributed by atoms with Gasteiger partial charge in [0.05, 0.1) is 19.8 Å². The molecule has 0 aromatic carbocycles. The monoisotopic (exact) mass is 160 g/mol. The Morgan fingerprint density at radius 1 is 1.73 bits per heavy atom. The van der Waals surface area contributed by atoms with Crippen LogP contribution in [-0.4, -0.2) is 43.9 Å². The molecule has 0 spiro atoms. The summed E-state index contributed by atoms with van der Waals surface area (Å²) in [5.74, 6) is 4.93.